The molecule has 0 bridgehead atoms. The second kappa shape index (κ2) is 4.74. The molecule has 0 saturated heterocycles. The molecule has 0 amide bonds. The first-order chi connectivity index (χ1) is 7.66. The van der Waals surface area contributed by atoms with Crippen LogP contribution in [0.15, 0.2) is 35.1 Å². The van der Waals surface area contributed by atoms with Gasteiger partial charge in [-0.2, -0.15) is 0 Å². The summed E-state index contributed by atoms with van der Waals surface area (Å²) >= 11 is 3.50. The summed E-state index contributed by atoms with van der Waals surface area (Å²) in [7, 11) is 0. The van der Waals surface area contributed by atoms with Crippen molar-refractivity contribution in [2.75, 3.05) is 5.32 Å². The summed E-state index contributed by atoms with van der Waals surface area (Å²) in [5.74, 6) is 0. The Morgan fingerprint density at radius 1 is 1.25 bits per heavy atom. The van der Waals surface area contributed by atoms with Gasteiger partial charge >= 0.3 is 0 Å². The number of aryl methyl sites for hydroxylation is 2. The normalized spacial score (nSPS) is 10.4. The van der Waals surface area contributed by atoms with E-state index in [1.54, 1.807) is 0 Å². The average Bonchev–Trinajstić information content (AvgIpc) is 2.68. The van der Waals surface area contributed by atoms with Crippen molar-refractivity contribution in [2.24, 2.45) is 0 Å². The van der Waals surface area contributed by atoms with E-state index in [0.717, 1.165) is 11.0 Å². The molecule has 2 aromatic rings. The summed E-state index contributed by atoms with van der Waals surface area (Å²) in [4.78, 5) is 3.06. The van der Waals surface area contributed by atoms with Crippen LogP contribution in [0.5, 0.6) is 0 Å². The summed E-state index contributed by atoms with van der Waals surface area (Å²) < 4.78 is 1.13. The van der Waals surface area contributed by atoms with Gasteiger partial charge in [0.05, 0.1) is 0 Å². The molecular weight excluding hydrogens is 264 g/mol. The van der Waals surface area contributed by atoms with Crippen LogP contribution in [0.4, 0.5) is 5.69 Å². The highest BCUT2D eigenvalue weighted by Gasteiger charge is 2.03. The lowest BCUT2D eigenvalue weighted by Gasteiger charge is -2.12. The summed E-state index contributed by atoms with van der Waals surface area (Å²) in [6.07, 6.45) is 3.95. The lowest BCUT2D eigenvalue weighted by Crippen LogP contribution is -2.02. The first-order valence-electron chi connectivity index (χ1n) is 5.29. The molecule has 1 aromatic carbocycles. The van der Waals surface area contributed by atoms with Gasteiger partial charge in [0.15, 0.2) is 0 Å². The lowest BCUT2D eigenvalue weighted by molar-refractivity contribution is 1.13. The number of H-pyrrole nitrogens is 1. The smallest absolute Gasteiger partial charge is 0.0415 e. The molecule has 2 nitrogen and oxygen atoms in total. The number of anilines is 1. The minimum absolute atomic E-state index is 0.854. The zero-order valence-electron chi connectivity index (χ0n) is 9.47. The predicted molar refractivity (Wildman–Crippen MR) is 71.7 cm³/mol. The summed E-state index contributed by atoms with van der Waals surface area (Å²) in [5.41, 5.74) is 5.02. The van der Waals surface area contributed by atoms with Crippen LogP contribution >= 0.6 is 15.9 Å². The monoisotopic (exact) mass is 278 g/mol. The van der Waals surface area contributed by atoms with Crippen molar-refractivity contribution in [1.29, 1.82) is 0 Å². The SMILES string of the molecule is Cc1cc(Br)cc(C)c1NCc1cc[nH]c1. The minimum Gasteiger partial charge on any atom is -0.380 e. The van der Waals surface area contributed by atoms with E-state index < -0.39 is 0 Å². The van der Waals surface area contributed by atoms with Gasteiger partial charge in [-0.25, -0.2) is 0 Å². The zero-order valence-corrected chi connectivity index (χ0v) is 11.1. The van der Waals surface area contributed by atoms with Crippen LogP contribution in [-0.4, -0.2) is 4.98 Å². The van der Waals surface area contributed by atoms with Crippen molar-refractivity contribution < 1.29 is 0 Å². The van der Waals surface area contributed by atoms with Crippen LogP contribution in [0.3, 0.4) is 0 Å². The Morgan fingerprint density at radius 2 is 1.94 bits per heavy atom. The maximum absolute atomic E-state index is 3.50. The van der Waals surface area contributed by atoms with Crippen LogP contribution in [0.25, 0.3) is 0 Å². The van der Waals surface area contributed by atoms with E-state index in [9.17, 15) is 0 Å². The number of halogens is 1. The Labute approximate surface area is 104 Å². The fraction of sp³-hybridized carbons (Fsp3) is 0.231. The quantitative estimate of drug-likeness (QED) is 0.873. The van der Waals surface area contributed by atoms with E-state index >= 15 is 0 Å². The molecule has 0 saturated carbocycles. The molecule has 0 atom stereocenters. The number of benzene rings is 1. The van der Waals surface area contributed by atoms with Crippen molar-refractivity contribution in [2.45, 2.75) is 20.4 Å². The van der Waals surface area contributed by atoms with E-state index in [-0.39, 0.29) is 0 Å². The van der Waals surface area contributed by atoms with E-state index in [0.29, 0.717) is 0 Å². The number of hydrogen-bond acceptors (Lipinski definition) is 1. The van der Waals surface area contributed by atoms with Gasteiger partial charge in [-0.05, 0) is 48.7 Å². The molecule has 0 fully saturated rings. The van der Waals surface area contributed by atoms with E-state index in [4.69, 9.17) is 0 Å². The highest BCUT2D eigenvalue weighted by atomic mass is 79.9. The molecular formula is C13H15BrN2. The fourth-order valence-electron chi connectivity index (χ4n) is 1.85. The average molecular weight is 279 g/mol. The first kappa shape index (κ1) is 11.3. The molecule has 1 aromatic heterocycles. The Hall–Kier alpha value is -1.22. The molecule has 2 rings (SSSR count). The molecule has 2 N–H and O–H groups in total. The molecule has 3 heteroatoms. The molecule has 0 unspecified atom stereocenters. The topological polar surface area (TPSA) is 27.8 Å². The van der Waals surface area contributed by atoms with Crippen LogP contribution in [0.1, 0.15) is 16.7 Å². The Kier molecular flexibility index (Phi) is 3.34. The molecule has 0 radical (unpaired) electrons. The number of nitrogens with one attached hydrogen (secondary N) is 2. The van der Waals surface area contributed by atoms with E-state index in [1.807, 2.05) is 12.4 Å². The van der Waals surface area contributed by atoms with Crippen molar-refractivity contribution in [1.82, 2.24) is 4.98 Å². The highest BCUT2D eigenvalue weighted by Crippen LogP contribution is 2.25. The fourth-order valence-corrected chi connectivity index (χ4v) is 2.54. The van der Waals surface area contributed by atoms with Gasteiger partial charge in [-0.3, -0.25) is 0 Å². The van der Waals surface area contributed by atoms with Crippen LogP contribution in [0, 0.1) is 13.8 Å². The molecule has 0 aliphatic rings. The first-order valence-corrected chi connectivity index (χ1v) is 6.08. The van der Waals surface area contributed by atoms with Gasteiger partial charge in [0.2, 0.25) is 0 Å². The van der Waals surface area contributed by atoms with Crippen LogP contribution < -0.4 is 5.32 Å². The zero-order chi connectivity index (χ0) is 11.5. The summed E-state index contributed by atoms with van der Waals surface area (Å²) in [6.45, 7) is 5.10. The molecule has 0 spiro atoms. The Balaban J connectivity index is 2.15. The predicted octanol–water partition coefficient (Wildman–Crippen LogP) is 4.01. The number of rotatable bonds is 3. The maximum atomic E-state index is 3.50. The highest BCUT2D eigenvalue weighted by molar-refractivity contribution is 9.10. The lowest BCUT2D eigenvalue weighted by atomic mass is 10.1. The van der Waals surface area contributed by atoms with E-state index in [2.05, 4.69) is 58.3 Å². The third-order valence-electron chi connectivity index (χ3n) is 2.63. The second-order valence-corrected chi connectivity index (χ2v) is 4.90. The maximum Gasteiger partial charge on any atom is 0.0415 e. The van der Waals surface area contributed by atoms with Gasteiger partial charge < -0.3 is 10.3 Å². The van der Waals surface area contributed by atoms with Crippen LogP contribution in [0.2, 0.25) is 0 Å². The van der Waals surface area contributed by atoms with Crippen LogP contribution in [-0.2, 0) is 6.54 Å². The van der Waals surface area contributed by atoms with Crippen molar-refractivity contribution >= 4 is 21.6 Å². The van der Waals surface area contributed by atoms with Gasteiger partial charge in [-0.1, -0.05) is 15.9 Å². The molecule has 0 aliphatic heterocycles. The van der Waals surface area contributed by atoms with Gasteiger partial charge in [0.25, 0.3) is 0 Å². The third-order valence-corrected chi connectivity index (χ3v) is 3.09. The molecule has 84 valence electrons. The van der Waals surface area contributed by atoms with Crippen molar-refractivity contribution in [3.8, 4) is 0 Å². The standard InChI is InChI=1S/C13H15BrN2/c1-9-5-12(14)6-10(2)13(9)16-8-11-3-4-15-7-11/h3-7,15-16H,8H2,1-2H3. The number of aromatic amines is 1. The van der Waals surface area contributed by atoms with Gasteiger partial charge in [0.1, 0.15) is 0 Å². The Bertz CT molecular complexity index is 452. The van der Waals surface area contributed by atoms with E-state index in [1.165, 1.54) is 22.4 Å². The van der Waals surface area contributed by atoms with Gasteiger partial charge in [0, 0.05) is 29.1 Å². The van der Waals surface area contributed by atoms with Crippen molar-refractivity contribution in [3.05, 3.63) is 51.8 Å². The second-order valence-electron chi connectivity index (χ2n) is 3.99. The number of hydrogen-bond donors (Lipinski definition) is 2. The third kappa shape index (κ3) is 2.47. The summed E-state index contributed by atoms with van der Waals surface area (Å²) in [5, 5.41) is 3.47. The molecule has 1 heterocycles. The van der Waals surface area contributed by atoms with Crippen molar-refractivity contribution in [3.63, 3.8) is 0 Å². The molecule has 16 heavy (non-hydrogen) atoms. The Morgan fingerprint density at radius 3 is 2.50 bits per heavy atom. The number of aromatic nitrogens is 1. The van der Waals surface area contributed by atoms with Gasteiger partial charge in [-0.15, -0.1) is 0 Å². The minimum atomic E-state index is 0.854. The molecule has 0 aliphatic carbocycles. The summed E-state index contributed by atoms with van der Waals surface area (Å²) in [6, 6.07) is 6.34. The largest absolute Gasteiger partial charge is 0.380 e.